The molecule has 0 unspecified atom stereocenters. The molecule has 0 saturated heterocycles. The number of pyridine rings is 1. The van der Waals surface area contributed by atoms with E-state index in [1.54, 1.807) is 0 Å². The van der Waals surface area contributed by atoms with Crippen molar-refractivity contribution in [2.75, 3.05) is 0 Å². The average Bonchev–Trinajstić information content (AvgIpc) is 3.41. The van der Waals surface area contributed by atoms with E-state index in [4.69, 9.17) is 16.8 Å². The molecule has 0 radical (unpaired) electrons. The number of para-hydroxylation sites is 3. The van der Waals surface area contributed by atoms with E-state index in [0.717, 1.165) is 16.7 Å². The largest absolute Gasteiger partial charge is 0.292 e. The van der Waals surface area contributed by atoms with Crippen LogP contribution in [0.1, 0.15) is 0 Å². The molecule has 0 spiro atoms. The standard InChI is InChI=1S/C35H23N2PS/c39-38(25-11-3-1-4-12-25,26-13-5-2-6-14-26)27-21-19-24-20-22-29-28-15-7-9-17-32(28)37-33-18-10-8-16-31(33)36-35(37)34(29)30(24)23-27/h1-23H. The van der Waals surface area contributed by atoms with Gasteiger partial charge in [-0.25, -0.2) is 4.98 Å². The molecule has 0 amide bonds. The quantitative estimate of drug-likeness (QED) is 0.171. The summed E-state index contributed by atoms with van der Waals surface area (Å²) in [6.45, 7) is 0. The van der Waals surface area contributed by atoms with Crippen molar-refractivity contribution in [3.8, 4) is 0 Å². The lowest BCUT2D eigenvalue weighted by Crippen LogP contribution is -2.24. The van der Waals surface area contributed by atoms with Crippen LogP contribution in [0, 0.1) is 0 Å². The molecule has 0 bridgehead atoms. The summed E-state index contributed by atoms with van der Waals surface area (Å²) in [7, 11) is 0. The van der Waals surface area contributed by atoms with Crippen LogP contribution < -0.4 is 15.9 Å². The zero-order chi connectivity index (χ0) is 26.0. The maximum Gasteiger partial charge on any atom is 0.147 e. The van der Waals surface area contributed by atoms with Crippen LogP contribution in [0.5, 0.6) is 0 Å². The van der Waals surface area contributed by atoms with E-state index in [2.05, 4.69) is 144 Å². The van der Waals surface area contributed by atoms with Gasteiger partial charge in [0, 0.05) is 16.8 Å². The van der Waals surface area contributed by atoms with Crippen molar-refractivity contribution in [2.45, 2.75) is 0 Å². The Morgan fingerprint density at radius 1 is 0.513 bits per heavy atom. The topological polar surface area (TPSA) is 17.3 Å². The van der Waals surface area contributed by atoms with Gasteiger partial charge >= 0.3 is 0 Å². The minimum absolute atomic E-state index is 0.986. The van der Waals surface area contributed by atoms with Gasteiger partial charge in [-0.15, -0.1) is 0 Å². The molecule has 0 aliphatic carbocycles. The second kappa shape index (κ2) is 8.61. The summed E-state index contributed by atoms with van der Waals surface area (Å²) in [4.78, 5) is 5.20. The SMILES string of the molecule is S=P(c1ccccc1)(c1ccccc1)c1ccc2ccc3c4ccccc4n4c5ccccc5nc4c3c2c1. The molecule has 0 saturated carbocycles. The maximum absolute atomic E-state index is 6.70. The summed E-state index contributed by atoms with van der Waals surface area (Å²) in [6, 6.07) is 47.4. The van der Waals surface area contributed by atoms with Crippen molar-refractivity contribution >= 4 is 82.9 Å². The minimum Gasteiger partial charge on any atom is -0.292 e. The third kappa shape index (κ3) is 3.27. The molecule has 0 N–H and O–H groups in total. The highest BCUT2D eigenvalue weighted by Gasteiger charge is 2.25. The molecule has 2 heterocycles. The van der Waals surface area contributed by atoms with E-state index in [9.17, 15) is 0 Å². The van der Waals surface area contributed by atoms with E-state index in [1.807, 2.05) is 0 Å². The summed E-state index contributed by atoms with van der Waals surface area (Å²) >= 11 is 6.70. The molecule has 4 heteroatoms. The monoisotopic (exact) mass is 534 g/mol. The molecule has 2 aromatic heterocycles. The Morgan fingerprint density at radius 3 is 1.87 bits per heavy atom. The van der Waals surface area contributed by atoms with Gasteiger partial charge in [-0.3, -0.25) is 4.40 Å². The van der Waals surface area contributed by atoms with Crippen LogP contribution in [-0.2, 0) is 11.8 Å². The number of fused-ring (bicyclic) bond motifs is 10. The van der Waals surface area contributed by atoms with Gasteiger partial charge in [0.05, 0.1) is 16.6 Å². The second-order valence-corrected chi connectivity index (χ2v) is 14.4. The third-order valence-electron chi connectivity index (χ3n) is 7.83. The van der Waals surface area contributed by atoms with Crippen molar-refractivity contribution in [1.82, 2.24) is 9.38 Å². The fourth-order valence-electron chi connectivity index (χ4n) is 6.03. The van der Waals surface area contributed by atoms with E-state index < -0.39 is 6.04 Å². The van der Waals surface area contributed by atoms with Crippen molar-refractivity contribution in [1.29, 1.82) is 0 Å². The number of hydrogen-bond acceptors (Lipinski definition) is 2. The molecule has 0 aliphatic heterocycles. The number of imidazole rings is 1. The molecule has 0 fully saturated rings. The molecular formula is C35H23N2PS. The van der Waals surface area contributed by atoms with Gasteiger partial charge in [-0.2, -0.15) is 0 Å². The van der Waals surface area contributed by atoms with E-state index in [0.29, 0.717) is 0 Å². The molecule has 39 heavy (non-hydrogen) atoms. The van der Waals surface area contributed by atoms with E-state index in [-0.39, 0.29) is 0 Å². The van der Waals surface area contributed by atoms with E-state index >= 15 is 0 Å². The van der Waals surface area contributed by atoms with Crippen molar-refractivity contribution in [2.24, 2.45) is 0 Å². The number of aromatic nitrogens is 2. The molecule has 8 aromatic rings. The summed E-state index contributed by atoms with van der Waals surface area (Å²) in [5.74, 6) is 0. The number of hydrogen-bond donors (Lipinski definition) is 0. The van der Waals surface area contributed by atoms with Crippen molar-refractivity contribution < 1.29 is 0 Å². The Kier molecular flexibility index (Phi) is 5.00. The van der Waals surface area contributed by atoms with Gasteiger partial charge in [0.25, 0.3) is 0 Å². The maximum atomic E-state index is 6.70. The Bertz CT molecular complexity index is 2210. The van der Waals surface area contributed by atoms with Gasteiger partial charge in [-0.05, 0) is 56.3 Å². The molecule has 2 nitrogen and oxygen atoms in total. The van der Waals surface area contributed by atoms with Gasteiger partial charge in [0.1, 0.15) is 5.65 Å². The Balaban J connectivity index is 1.55. The number of nitrogens with zero attached hydrogens (tertiary/aromatic N) is 2. The molecule has 8 rings (SSSR count). The smallest absolute Gasteiger partial charge is 0.147 e. The average molecular weight is 535 g/mol. The fourth-order valence-corrected chi connectivity index (χ4v) is 9.77. The van der Waals surface area contributed by atoms with Crippen molar-refractivity contribution in [3.63, 3.8) is 0 Å². The van der Waals surface area contributed by atoms with E-state index in [1.165, 1.54) is 48.4 Å². The molecule has 6 aromatic carbocycles. The molecule has 0 atom stereocenters. The van der Waals surface area contributed by atoms with Crippen LogP contribution in [-0.4, -0.2) is 9.38 Å². The zero-order valence-corrected chi connectivity index (χ0v) is 22.7. The van der Waals surface area contributed by atoms with Crippen LogP contribution in [0.15, 0.2) is 140 Å². The lowest BCUT2D eigenvalue weighted by atomic mass is 9.99. The van der Waals surface area contributed by atoms with Crippen LogP contribution in [0.2, 0.25) is 0 Å². The normalized spacial score (nSPS) is 12.2. The summed E-state index contributed by atoms with van der Waals surface area (Å²) in [5.41, 5.74) is 4.28. The van der Waals surface area contributed by atoms with Crippen LogP contribution in [0.3, 0.4) is 0 Å². The lowest BCUT2D eigenvalue weighted by molar-refractivity contribution is 1.32. The Labute approximate surface area is 231 Å². The molecular weight excluding hydrogens is 511 g/mol. The first-order valence-corrected chi connectivity index (χ1v) is 15.9. The van der Waals surface area contributed by atoms with Crippen LogP contribution >= 0.6 is 6.04 Å². The summed E-state index contributed by atoms with van der Waals surface area (Å²) in [5, 5.41) is 9.59. The molecule has 0 aliphatic rings. The first-order chi connectivity index (χ1) is 19.2. The predicted molar refractivity (Wildman–Crippen MR) is 171 cm³/mol. The van der Waals surface area contributed by atoms with Gasteiger partial charge < -0.3 is 0 Å². The van der Waals surface area contributed by atoms with Crippen LogP contribution in [0.4, 0.5) is 0 Å². The highest BCUT2D eigenvalue weighted by Crippen LogP contribution is 2.44. The lowest BCUT2D eigenvalue weighted by Gasteiger charge is -2.24. The highest BCUT2D eigenvalue weighted by atomic mass is 32.4. The Hall–Kier alpha value is -4.30. The predicted octanol–water partition coefficient (Wildman–Crippen LogP) is 7.70. The molecule has 184 valence electrons. The number of rotatable bonds is 3. The first kappa shape index (κ1) is 22.7. The minimum atomic E-state index is -2.29. The summed E-state index contributed by atoms with van der Waals surface area (Å²) in [6.07, 6.45) is 0. The zero-order valence-electron chi connectivity index (χ0n) is 21.0. The highest BCUT2D eigenvalue weighted by molar-refractivity contribution is 8.25. The second-order valence-electron chi connectivity index (χ2n) is 9.95. The first-order valence-electron chi connectivity index (χ1n) is 13.1. The third-order valence-corrected chi connectivity index (χ3v) is 12.8. The van der Waals surface area contributed by atoms with Crippen LogP contribution in [0.25, 0.3) is 49.1 Å². The van der Waals surface area contributed by atoms with Gasteiger partial charge in [0.15, 0.2) is 0 Å². The Morgan fingerprint density at radius 2 is 1.13 bits per heavy atom. The van der Waals surface area contributed by atoms with Gasteiger partial charge in [-0.1, -0.05) is 127 Å². The van der Waals surface area contributed by atoms with Crippen molar-refractivity contribution in [3.05, 3.63) is 140 Å². The fraction of sp³-hybridized carbons (Fsp3) is 0. The number of benzene rings is 6. The van der Waals surface area contributed by atoms with Gasteiger partial charge in [0.2, 0.25) is 0 Å². The summed E-state index contributed by atoms with van der Waals surface area (Å²) < 4.78 is 2.32.